The van der Waals surface area contributed by atoms with Crippen LogP contribution in [-0.2, 0) is 4.74 Å². The zero-order chi connectivity index (χ0) is 24.2. The molecule has 35 heavy (non-hydrogen) atoms. The van der Waals surface area contributed by atoms with Gasteiger partial charge in [0.2, 0.25) is 0 Å². The Kier molecular flexibility index (Phi) is 7.01. The van der Waals surface area contributed by atoms with Crippen molar-refractivity contribution >= 4 is 51.4 Å². The van der Waals surface area contributed by atoms with E-state index in [1.165, 1.54) is 4.90 Å². The number of aromatic amines is 1. The number of para-hydroxylation sites is 1. The van der Waals surface area contributed by atoms with Gasteiger partial charge in [0, 0.05) is 52.6 Å². The molecule has 1 fully saturated rings. The first-order chi connectivity index (χ1) is 17.1. The number of nitrogens with one attached hydrogen (secondary N) is 3. The predicted octanol–water partition coefficient (Wildman–Crippen LogP) is 6.40. The summed E-state index contributed by atoms with van der Waals surface area (Å²) >= 11 is 1.85. The molecule has 0 unspecified atom stereocenters. The highest BCUT2D eigenvalue weighted by Gasteiger charge is 2.15. The summed E-state index contributed by atoms with van der Waals surface area (Å²) in [5, 5.41) is 8.64. The fraction of sp³-hybridized carbons (Fsp3) is 0.296. The highest BCUT2D eigenvalue weighted by molar-refractivity contribution is 8.00. The second-order valence-electron chi connectivity index (χ2n) is 8.69. The molecule has 2 aromatic heterocycles. The number of fused-ring (bicyclic) bond motifs is 1. The van der Waals surface area contributed by atoms with E-state index in [1.807, 2.05) is 36.2 Å². The molecule has 1 aliphatic rings. The number of benzene rings is 2. The first kappa shape index (κ1) is 23.4. The second kappa shape index (κ2) is 10.5. The summed E-state index contributed by atoms with van der Waals surface area (Å²) in [7, 11) is 1.70. The Morgan fingerprint density at radius 3 is 2.63 bits per heavy atom. The molecular weight excluding hydrogens is 458 g/mol. The number of pyridine rings is 1. The van der Waals surface area contributed by atoms with Crippen LogP contribution in [0.2, 0.25) is 0 Å². The Morgan fingerprint density at radius 1 is 1.00 bits per heavy atom. The number of thioether (sulfide) groups is 1. The third kappa shape index (κ3) is 5.33. The summed E-state index contributed by atoms with van der Waals surface area (Å²) in [5.41, 5.74) is 4.88. The second-order valence-corrected chi connectivity index (χ2v) is 10.3. The lowest BCUT2D eigenvalue weighted by Crippen LogP contribution is -2.36. The van der Waals surface area contributed by atoms with E-state index in [1.54, 1.807) is 7.11 Å². The summed E-state index contributed by atoms with van der Waals surface area (Å²) in [6.07, 6.45) is 1.92. The summed E-state index contributed by atoms with van der Waals surface area (Å²) in [6.45, 7) is 7.67. The molecule has 3 N–H and O–H groups in total. The minimum absolute atomic E-state index is 0.493. The lowest BCUT2D eigenvalue weighted by Gasteiger charge is -2.29. The molecule has 1 aliphatic heterocycles. The molecule has 2 aromatic carbocycles. The lowest BCUT2D eigenvalue weighted by atomic mass is 10.2. The zero-order valence-corrected chi connectivity index (χ0v) is 21.1. The molecule has 3 heterocycles. The van der Waals surface area contributed by atoms with Gasteiger partial charge in [-0.15, -0.1) is 11.8 Å². The molecule has 182 valence electrons. The van der Waals surface area contributed by atoms with Crippen LogP contribution in [0.4, 0.5) is 28.6 Å². The molecule has 0 spiro atoms. The number of hydrogen-bond acceptors (Lipinski definition) is 7. The third-order valence-electron chi connectivity index (χ3n) is 5.87. The lowest BCUT2D eigenvalue weighted by molar-refractivity contribution is 0.122. The van der Waals surface area contributed by atoms with Gasteiger partial charge in [-0.2, -0.15) is 0 Å². The number of anilines is 5. The minimum atomic E-state index is 0.493. The van der Waals surface area contributed by atoms with Crippen LogP contribution in [0, 0.1) is 0 Å². The standard InChI is InChI=1S/C27H31N5O2S/c1-18(2)35-25-7-5-4-6-22(25)29-23-17-26(31-27-20(23)10-11-28-27)30-21-9-8-19(16-24(21)33-3)32-12-14-34-15-13-32/h4-11,16-18H,12-15H2,1-3H3,(H3,28,29,30,31). The Hall–Kier alpha value is -3.36. The largest absolute Gasteiger partial charge is 0.494 e. The number of aromatic nitrogens is 2. The van der Waals surface area contributed by atoms with Crippen molar-refractivity contribution < 1.29 is 9.47 Å². The van der Waals surface area contributed by atoms with Crippen LogP contribution >= 0.6 is 11.8 Å². The maximum Gasteiger partial charge on any atom is 0.144 e. The van der Waals surface area contributed by atoms with Gasteiger partial charge >= 0.3 is 0 Å². The van der Waals surface area contributed by atoms with Gasteiger partial charge in [0.25, 0.3) is 0 Å². The molecule has 4 aromatic rings. The minimum Gasteiger partial charge on any atom is -0.494 e. The van der Waals surface area contributed by atoms with Gasteiger partial charge in [0.05, 0.1) is 37.4 Å². The molecule has 0 bridgehead atoms. The first-order valence-corrected chi connectivity index (χ1v) is 12.8. The first-order valence-electron chi connectivity index (χ1n) is 11.9. The van der Waals surface area contributed by atoms with Crippen molar-refractivity contribution in [2.75, 3.05) is 48.9 Å². The zero-order valence-electron chi connectivity index (χ0n) is 20.3. The number of morpholine rings is 1. The van der Waals surface area contributed by atoms with Gasteiger partial charge in [-0.25, -0.2) is 4.98 Å². The van der Waals surface area contributed by atoms with Gasteiger partial charge in [-0.05, 0) is 30.3 Å². The topological polar surface area (TPSA) is 74.4 Å². The maximum absolute atomic E-state index is 5.73. The molecule has 5 rings (SSSR count). The Morgan fingerprint density at radius 2 is 1.83 bits per heavy atom. The van der Waals surface area contributed by atoms with Gasteiger partial charge in [0.15, 0.2) is 0 Å². The van der Waals surface area contributed by atoms with Crippen molar-refractivity contribution in [3.05, 3.63) is 60.8 Å². The molecular formula is C27H31N5O2S. The number of hydrogen-bond donors (Lipinski definition) is 3. The summed E-state index contributed by atoms with van der Waals surface area (Å²) in [6, 6.07) is 18.7. The average molecular weight is 490 g/mol. The summed E-state index contributed by atoms with van der Waals surface area (Å²) < 4.78 is 11.2. The molecule has 0 atom stereocenters. The van der Waals surface area contributed by atoms with Crippen LogP contribution in [0.25, 0.3) is 11.0 Å². The molecule has 0 amide bonds. The predicted molar refractivity (Wildman–Crippen MR) is 146 cm³/mol. The number of ether oxygens (including phenoxy) is 2. The number of rotatable bonds is 8. The number of H-pyrrole nitrogens is 1. The Balaban J connectivity index is 1.44. The summed E-state index contributed by atoms with van der Waals surface area (Å²) in [4.78, 5) is 11.6. The van der Waals surface area contributed by atoms with E-state index in [4.69, 9.17) is 14.5 Å². The smallest absolute Gasteiger partial charge is 0.144 e. The van der Waals surface area contributed by atoms with Crippen LogP contribution in [0.1, 0.15) is 13.8 Å². The highest BCUT2D eigenvalue weighted by Crippen LogP contribution is 2.37. The van der Waals surface area contributed by atoms with Crippen LogP contribution in [0.5, 0.6) is 5.75 Å². The van der Waals surface area contributed by atoms with E-state index in [-0.39, 0.29) is 0 Å². The Bertz CT molecular complexity index is 1300. The van der Waals surface area contributed by atoms with Gasteiger partial charge in [-0.1, -0.05) is 26.0 Å². The normalized spacial score (nSPS) is 13.9. The fourth-order valence-corrected chi connectivity index (χ4v) is 5.13. The van der Waals surface area contributed by atoms with Gasteiger partial charge in [-0.3, -0.25) is 0 Å². The molecule has 0 radical (unpaired) electrons. The number of methoxy groups -OCH3 is 1. The molecule has 1 saturated heterocycles. The Labute approximate surface area is 210 Å². The van der Waals surface area contributed by atoms with E-state index in [0.29, 0.717) is 5.25 Å². The van der Waals surface area contributed by atoms with E-state index in [9.17, 15) is 0 Å². The van der Waals surface area contributed by atoms with Crippen LogP contribution in [0.15, 0.2) is 65.7 Å². The van der Waals surface area contributed by atoms with Crippen molar-refractivity contribution in [2.24, 2.45) is 0 Å². The molecule has 0 saturated carbocycles. The van der Waals surface area contributed by atoms with E-state index < -0.39 is 0 Å². The van der Waals surface area contributed by atoms with Crippen molar-refractivity contribution in [1.82, 2.24) is 9.97 Å². The van der Waals surface area contributed by atoms with E-state index in [0.717, 1.165) is 71.7 Å². The van der Waals surface area contributed by atoms with Crippen LogP contribution in [-0.4, -0.2) is 48.6 Å². The fourth-order valence-electron chi connectivity index (χ4n) is 4.22. The van der Waals surface area contributed by atoms with Crippen LogP contribution in [0.3, 0.4) is 0 Å². The van der Waals surface area contributed by atoms with Crippen molar-refractivity contribution in [1.29, 1.82) is 0 Å². The van der Waals surface area contributed by atoms with Crippen molar-refractivity contribution in [3.8, 4) is 5.75 Å². The SMILES string of the molecule is COc1cc(N2CCOCC2)ccc1Nc1cc(Nc2ccccc2SC(C)C)c2cc[nH]c2n1. The highest BCUT2D eigenvalue weighted by atomic mass is 32.2. The van der Waals surface area contributed by atoms with E-state index >= 15 is 0 Å². The number of nitrogens with zero attached hydrogens (tertiary/aromatic N) is 2. The monoisotopic (exact) mass is 489 g/mol. The van der Waals surface area contributed by atoms with Gasteiger partial charge < -0.3 is 30.0 Å². The van der Waals surface area contributed by atoms with Gasteiger partial charge in [0.1, 0.15) is 17.2 Å². The van der Waals surface area contributed by atoms with Crippen molar-refractivity contribution in [2.45, 2.75) is 24.0 Å². The summed E-state index contributed by atoms with van der Waals surface area (Å²) in [5.74, 6) is 1.50. The van der Waals surface area contributed by atoms with E-state index in [2.05, 4.69) is 70.8 Å². The molecule has 8 heteroatoms. The maximum atomic E-state index is 5.73. The quantitative estimate of drug-likeness (QED) is 0.247. The van der Waals surface area contributed by atoms with Crippen molar-refractivity contribution in [3.63, 3.8) is 0 Å². The third-order valence-corrected chi connectivity index (χ3v) is 6.95. The molecule has 7 nitrogen and oxygen atoms in total. The average Bonchev–Trinajstić information content (AvgIpc) is 3.35. The van der Waals surface area contributed by atoms with Crippen LogP contribution < -0.4 is 20.3 Å². The molecule has 0 aliphatic carbocycles.